The summed E-state index contributed by atoms with van der Waals surface area (Å²) in [6.07, 6.45) is 0.872. The van der Waals surface area contributed by atoms with Crippen LogP contribution in [0.1, 0.15) is 5.69 Å². The van der Waals surface area contributed by atoms with E-state index in [4.69, 9.17) is 4.84 Å². The summed E-state index contributed by atoms with van der Waals surface area (Å²) < 4.78 is 23.3. The van der Waals surface area contributed by atoms with Gasteiger partial charge in [0.1, 0.15) is 6.61 Å². The van der Waals surface area contributed by atoms with E-state index in [0.717, 1.165) is 17.2 Å². The van der Waals surface area contributed by atoms with E-state index in [0.29, 0.717) is 5.69 Å². The van der Waals surface area contributed by atoms with Gasteiger partial charge in [-0.25, -0.2) is 23.4 Å². The second kappa shape index (κ2) is 7.51. The molecule has 0 radical (unpaired) electrons. The van der Waals surface area contributed by atoms with Crippen molar-refractivity contribution in [2.75, 3.05) is 6.26 Å². The number of nitrogens with one attached hydrogen (secondary N) is 2. The minimum Gasteiger partial charge on any atom is -0.266 e. The largest absolute Gasteiger partial charge is 0.352 e. The van der Waals surface area contributed by atoms with Gasteiger partial charge < -0.3 is 0 Å². The van der Waals surface area contributed by atoms with Gasteiger partial charge in [-0.3, -0.25) is 9.82 Å². The summed E-state index contributed by atoms with van der Waals surface area (Å²) >= 11 is 0. The van der Waals surface area contributed by atoms with Crippen LogP contribution in [0.4, 0.5) is 4.79 Å². The molecule has 0 spiro atoms. The lowest BCUT2D eigenvalue weighted by Gasteiger charge is -2.06. The summed E-state index contributed by atoms with van der Waals surface area (Å²) in [6.45, 7) is 0.0298. The van der Waals surface area contributed by atoms with Crippen molar-refractivity contribution < 1.29 is 18.0 Å². The van der Waals surface area contributed by atoms with Gasteiger partial charge in [0, 0.05) is 5.39 Å². The number of nitrogens with zero attached hydrogens (tertiary/aromatic N) is 1. The van der Waals surface area contributed by atoms with Crippen molar-refractivity contribution >= 4 is 27.0 Å². The van der Waals surface area contributed by atoms with Crippen molar-refractivity contribution in [2.45, 2.75) is 6.61 Å². The van der Waals surface area contributed by atoms with Gasteiger partial charge in [0.25, 0.3) is 0 Å². The molecule has 2 aliphatic carbocycles. The lowest BCUT2D eigenvalue weighted by Crippen LogP contribution is -2.38. The molecule has 2 amide bonds. The van der Waals surface area contributed by atoms with Gasteiger partial charge in [-0.2, -0.15) is 0 Å². The van der Waals surface area contributed by atoms with Crippen LogP contribution < -0.4 is 10.2 Å². The number of urea groups is 1. The second-order valence-corrected chi connectivity index (χ2v) is 7.42. The molecule has 2 N–H and O–H groups in total. The molecule has 26 heavy (non-hydrogen) atoms. The molecule has 0 aliphatic heterocycles. The smallest absolute Gasteiger partial charge is 0.266 e. The standard InChI is InChI=1S/C12H13N3O4S.C6H4/c1-20(17,18)15-12(16)14-19-8-10-7-6-9-4-2-3-5-11(9)13-10;1-2-6-4-3-5(1)6/h2-7H,8H2,1H3,(H2,14,15,16);1-4H. The average Bonchev–Trinajstić information content (AvgIpc) is 2.57. The maximum atomic E-state index is 11.1. The number of hydrogen-bond acceptors (Lipinski definition) is 5. The van der Waals surface area contributed by atoms with Crippen LogP contribution in [-0.4, -0.2) is 25.7 Å². The van der Waals surface area contributed by atoms with E-state index < -0.39 is 16.1 Å². The van der Waals surface area contributed by atoms with Crippen LogP contribution in [0.5, 0.6) is 0 Å². The molecule has 0 unspecified atom stereocenters. The van der Waals surface area contributed by atoms with Crippen molar-refractivity contribution in [1.82, 2.24) is 15.2 Å². The molecule has 1 aromatic heterocycles. The third kappa shape index (κ3) is 4.78. The highest BCUT2D eigenvalue weighted by Crippen LogP contribution is 2.11. The van der Waals surface area contributed by atoms with Crippen molar-refractivity contribution in [3.8, 4) is 0 Å². The Hall–Kier alpha value is -2.97. The summed E-state index contributed by atoms with van der Waals surface area (Å²) in [5.41, 5.74) is 3.39. The fourth-order valence-corrected chi connectivity index (χ4v) is 2.59. The van der Waals surface area contributed by atoms with E-state index in [2.05, 4.69) is 29.2 Å². The predicted molar refractivity (Wildman–Crippen MR) is 97.2 cm³/mol. The van der Waals surface area contributed by atoms with E-state index in [-0.39, 0.29) is 6.61 Å². The molecule has 134 valence electrons. The molecular formula is C18H17N3O4S. The highest BCUT2D eigenvalue weighted by molar-refractivity contribution is 7.89. The Balaban J connectivity index is 0.000000269. The number of rotatable bonds is 4. The number of pyridine rings is 1. The van der Waals surface area contributed by atoms with Crippen LogP contribution in [0, 0.1) is 10.4 Å². The minimum absolute atomic E-state index is 0.0298. The summed E-state index contributed by atoms with van der Waals surface area (Å²) in [5, 5.41) is 3.85. The first-order valence-corrected chi connectivity index (χ1v) is 9.64. The molecule has 2 aliphatic rings. The lowest BCUT2D eigenvalue weighted by molar-refractivity contribution is 0.0491. The van der Waals surface area contributed by atoms with Crippen LogP contribution in [-0.2, 0) is 21.5 Å². The number of carbonyl (C=O) groups is 1. The van der Waals surface area contributed by atoms with Crippen LogP contribution in [0.25, 0.3) is 10.9 Å². The monoisotopic (exact) mass is 371 g/mol. The zero-order valence-electron chi connectivity index (χ0n) is 14.0. The molecule has 0 atom stereocenters. The fourth-order valence-electron chi connectivity index (χ4n) is 2.22. The lowest BCUT2D eigenvalue weighted by atomic mass is 10.1. The summed E-state index contributed by atoms with van der Waals surface area (Å²) in [7, 11) is -3.60. The number of sulfonamides is 1. The van der Waals surface area contributed by atoms with Gasteiger partial charge >= 0.3 is 6.03 Å². The summed E-state index contributed by atoms with van der Waals surface area (Å²) in [6, 6.07) is 18.8. The quantitative estimate of drug-likeness (QED) is 0.536. The Bertz CT molecular complexity index is 1100. The van der Waals surface area contributed by atoms with Gasteiger partial charge in [0.15, 0.2) is 0 Å². The SMILES string of the molecule is CS(=O)(=O)NC(=O)NOCc1ccc2ccccc2n1.c1cc2ccc1=2. The Morgan fingerprint density at radius 3 is 2.23 bits per heavy atom. The van der Waals surface area contributed by atoms with E-state index in [1.54, 1.807) is 10.8 Å². The number of hydrogen-bond donors (Lipinski definition) is 2. The number of amides is 2. The predicted octanol–water partition coefficient (Wildman–Crippen LogP) is 2.21. The maximum Gasteiger partial charge on any atom is 0.352 e. The minimum atomic E-state index is -3.60. The van der Waals surface area contributed by atoms with Crippen molar-refractivity contribution in [3.63, 3.8) is 0 Å². The topological polar surface area (TPSA) is 97.4 Å². The van der Waals surface area contributed by atoms with E-state index in [1.165, 1.54) is 10.4 Å². The van der Waals surface area contributed by atoms with Gasteiger partial charge in [-0.15, -0.1) is 0 Å². The van der Waals surface area contributed by atoms with Crippen LogP contribution in [0.3, 0.4) is 0 Å². The highest BCUT2D eigenvalue weighted by atomic mass is 32.2. The van der Waals surface area contributed by atoms with E-state index in [9.17, 15) is 13.2 Å². The maximum absolute atomic E-state index is 11.1. The first-order valence-electron chi connectivity index (χ1n) is 7.75. The molecule has 4 rings (SSSR count). The summed E-state index contributed by atoms with van der Waals surface area (Å²) in [5.74, 6) is 0. The van der Waals surface area contributed by atoms with Gasteiger partial charge in [0.2, 0.25) is 10.0 Å². The van der Waals surface area contributed by atoms with Crippen LogP contribution >= 0.6 is 0 Å². The average molecular weight is 371 g/mol. The molecule has 8 heteroatoms. The molecule has 0 saturated heterocycles. The van der Waals surface area contributed by atoms with Crippen LogP contribution in [0.2, 0.25) is 0 Å². The van der Waals surface area contributed by atoms with E-state index in [1.807, 2.05) is 35.8 Å². The van der Waals surface area contributed by atoms with Crippen LogP contribution in [0.15, 0.2) is 60.7 Å². The molecule has 0 fully saturated rings. The van der Waals surface area contributed by atoms with Gasteiger partial charge in [-0.05, 0) is 22.6 Å². The molecule has 1 aromatic carbocycles. The van der Waals surface area contributed by atoms with Crippen molar-refractivity contribution in [3.05, 3.63) is 76.8 Å². The number of aromatic nitrogens is 1. The van der Waals surface area contributed by atoms with Gasteiger partial charge in [0.05, 0.1) is 17.5 Å². The molecule has 0 bridgehead atoms. The zero-order valence-corrected chi connectivity index (χ0v) is 14.8. The molecule has 2 aromatic rings. The molecule has 7 nitrogen and oxygen atoms in total. The third-order valence-electron chi connectivity index (χ3n) is 3.54. The van der Waals surface area contributed by atoms with Crippen molar-refractivity contribution in [2.24, 2.45) is 0 Å². The fraction of sp³-hybridized carbons (Fsp3) is 0.111. The molecular weight excluding hydrogens is 354 g/mol. The first-order chi connectivity index (χ1) is 12.4. The van der Waals surface area contributed by atoms with Gasteiger partial charge in [-0.1, -0.05) is 48.5 Å². The Morgan fingerprint density at radius 2 is 1.65 bits per heavy atom. The Labute approximate surface area is 150 Å². The number of hydroxylamine groups is 1. The Kier molecular flexibility index (Phi) is 5.15. The molecule has 1 heterocycles. The number of carbonyl (C=O) groups excluding carboxylic acids is 1. The number of para-hydroxylation sites is 1. The van der Waals surface area contributed by atoms with E-state index >= 15 is 0 Å². The molecule has 0 saturated carbocycles. The number of benzene rings is 2. The van der Waals surface area contributed by atoms with Crippen molar-refractivity contribution in [1.29, 1.82) is 0 Å². The second-order valence-electron chi connectivity index (χ2n) is 5.67. The first kappa shape index (κ1) is 17.8. The zero-order chi connectivity index (χ0) is 18.6. The summed E-state index contributed by atoms with van der Waals surface area (Å²) in [4.78, 5) is 20.3. The Morgan fingerprint density at radius 1 is 1.00 bits per heavy atom. The normalized spacial score (nSPS) is 11.3. The number of fused-ring (bicyclic) bond motifs is 1. The third-order valence-corrected chi connectivity index (χ3v) is 4.09. The highest BCUT2D eigenvalue weighted by Gasteiger charge is 2.07.